The van der Waals surface area contributed by atoms with Crippen molar-refractivity contribution in [1.82, 2.24) is 20.7 Å². The van der Waals surface area contributed by atoms with E-state index in [-0.39, 0.29) is 30.8 Å². The molecule has 2 aromatic rings. The number of anilines is 1. The number of hydrazine groups is 1. The van der Waals surface area contributed by atoms with Crippen LogP contribution in [0.3, 0.4) is 0 Å². The van der Waals surface area contributed by atoms with Gasteiger partial charge < -0.3 is 15.1 Å². The van der Waals surface area contributed by atoms with Crippen LogP contribution in [-0.2, 0) is 4.79 Å². The van der Waals surface area contributed by atoms with Crippen molar-refractivity contribution >= 4 is 30.1 Å². The summed E-state index contributed by atoms with van der Waals surface area (Å²) >= 11 is 4.28. The number of benzene rings is 1. The molecule has 11 heteroatoms. The summed E-state index contributed by atoms with van der Waals surface area (Å²) in [6.07, 6.45) is 2.00. The summed E-state index contributed by atoms with van der Waals surface area (Å²) in [7, 11) is 3.25. The Balaban J connectivity index is 0.00000400. The highest BCUT2D eigenvalue weighted by atomic mass is 32.1. The van der Waals surface area contributed by atoms with Gasteiger partial charge in [0, 0.05) is 49.0 Å². The van der Waals surface area contributed by atoms with Gasteiger partial charge in [0.05, 0.1) is 24.8 Å². The predicted molar refractivity (Wildman–Crippen MR) is 141 cm³/mol. The number of rotatable bonds is 7. The number of piperazine rings is 1. The van der Waals surface area contributed by atoms with E-state index in [1.807, 2.05) is 11.9 Å². The number of aromatic nitrogens is 1. The van der Waals surface area contributed by atoms with Crippen LogP contribution in [0.4, 0.5) is 14.5 Å². The number of halogens is 2. The van der Waals surface area contributed by atoms with Gasteiger partial charge >= 0.3 is 0 Å². The molecule has 1 saturated carbocycles. The van der Waals surface area contributed by atoms with Gasteiger partial charge in [-0.1, -0.05) is 11.8 Å². The molecule has 1 aliphatic heterocycles. The summed E-state index contributed by atoms with van der Waals surface area (Å²) in [5, 5.41) is 0. The molecule has 4 rings (SSSR count). The number of nitrogens with zero attached hydrogens (tertiary/aromatic N) is 3. The predicted octanol–water partition coefficient (Wildman–Crippen LogP) is 3.64. The molecule has 196 valence electrons. The maximum atomic E-state index is 13.5. The fourth-order valence-corrected chi connectivity index (χ4v) is 3.94. The molecule has 2 amide bonds. The number of carbonyl (C=O) groups excluding carboxylic acids is 2. The van der Waals surface area contributed by atoms with Crippen molar-refractivity contribution in [2.24, 2.45) is 5.92 Å². The van der Waals surface area contributed by atoms with Gasteiger partial charge in [0.1, 0.15) is 11.4 Å². The minimum absolute atomic E-state index is 0. The number of pyridine rings is 1. The molecule has 2 aliphatic rings. The first-order valence-electron chi connectivity index (χ1n) is 11.7. The average Bonchev–Trinajstić information content (AvgIpc) is 3.71. The Morgan fingerprint density at radius 2 is 2.08 bits per heavy atom. The lowest BCUT2D eigenvalue weighted by Crippen LogP contribution is -2.48. The van der Waals surface area contributed by atoms with Crippen molar-refractivity contribution in [2.45, 2.75) is 19.3 Å². The molecule has 2 fully saturated rings. The van der Waals surface area contributed by atoms with Crippen molar-refractivity contribution in [3.8, 4) is 28.7 Å². The minimum atomic E-state index is -2.82. The molecule has 37 heavy (non-hydrogen) atoms. The zero-order chi connectivity index (χ0) is 26.5. The van der Waals surface area contributed by atoms with Crippen LogP contribution in [0.5, 0.6) is 5.75 Å². The van der Waals surface area contributed by atoms with Crippen LogP contribution >= 0.6 is 12.6 Å². The van der Waals surface area contributed by atoms with Gasteiger partial charge in [-0.15, -0.1) is 12.6 Å². The first-order valence-corrected chi connectivity index (χ1v) is 12.1. The zero-order valence-corrected chi connectivity index (χ0v) is 21.3. The lowest BCUT2D eigenvalue weighted by Gasteiger charge is -2.32. The maximum Gasteiger partial charge on any atom is 0.280 e. The van der Waals surface area contributed by atoms with E-state index in [1.165, 1.54) is 25.6 Å². The Morgan fingerprint density at radius 1 is 1.30 bits per heavy atom. The highest BCUT2D eigenvalue weighted by Crippen LogP contribution is 2.37. The molecule has 0 radical (unpaired) electrons. The second kappa shape index (κ2) is 11.6. The summed E-state index contributed by atoms with van der Waals surface area (Å²) < 4.78 is 32.4. The number of alkyl halides is 2. The molecule has 0 spiro atoms. The van der Waals surface area contributed by atoms with Crippen LogP contribution in [-0.4, -0.2) is 55.5 Å². The van der Waals surface area contributed by atoms with Crippen molar-refractivity contribution in [1.29, 1.82) is 0 Å². The number of likely N-dealkylation sites (N-methyl/N-ethyl adjacent to an activating group) is 1. The van der Waals surface area contributed by atoms with Crippen molar-refractivity contribution in [3.05, 3.63) is 52.8 Å². The van der Waals surface area contributed by atoms with Crippen LogP contribution in [0.2, 0.25) is 0 Å². The standard InChI is InChI=1S/C26H27F2N5O3S.H2/c1-32-9-10-33(24(34)15-32)17-6-8-19(26(35)31-30-13-18(37)7-5-16-3-4-16)20(11-17)21-12-22(25(27)28)29-14-23(21)36-2;/h6,8,11-14,16,25,30,37H,3-4,9-10,15H2,1-2H3,(H,31,35);1H/b18-13-;. The topological polar surface area (TPSA) is 86.8 Å². The van der Waals surface area contributed by atoms with E-state index in [4.69, 9.17) is 4.74 Å². The monoisotopic (exact) mass is 529 g/mol. The first-order chi connectivity index (χ1) is 17.8. The van der Waals surface area contributed by atoms with Crippen molar-refractivity contribution in [2.75, 3.05) is 38.7 Å². The van der Waals surface area contributed by atoms with Crippen LogP contribution in [0.1, 0.15) is 36.7 Å². The van der Waals surface area contributed by atoms with Crippen molar-refractivity contribution < 1.29 is 24.5 Å². The zero-order valence-electron chi connectivity index (χ0n) is 20.4. The lowest BCUT2D eigenvalue weighted by molar-refractivity contribution is -0.120. The second-order valence-corrected chi connectivity index (χ2v) is 9.28. The van der Waals surface area contributed by atoms with Gasteiger partial charge in [-0.3, -0.25) is 24.9 Å². The van der Waals surface area contributed by atoms with Crippen LogP contribution in [0.15, 0.2) is 41.6 Å². The van der Waals surface area contributed by atoms with E-state index >= 15 is 0 Å². The fraction of sp³-hybridized carbons (Fsp3) is 0.346. The number of nitrogens with one attached hydrogen (secondary N) is 2. The van der Waals surface area contributed by atoms with Crippen LogP contribution in [0.25, 0.3) is 11.1 Å². The molecule has 8 nitrogen and oxygen atoms in total. The van der Waals surface area contributed by atoms with Crippen LogP contribution < -0.4 is 20.5 Å². The molecule has 1 aromatic heterocycles. The SMILES string of the molecule is COc1cnc(C(F)F)cc1-c1cc(N2CCN(C)CC2=O)ccc1C(=O)NN/C=C(\S)C#CC1CC1.[HH]. The van der Waals surface area contributed by atoms with Gasteiger partial charge in [0.25, 0.3) is 12.3 Å². The number of allylic oxidation sites excluding steroid dienone is 1. The number of thiol groups is 1. The Labute approximate surface area is 220 Å². The molecule has 2 N–H and O–H groups in total. The molecule has 0 unspecified atom stereocenters. The van der Waals surface area contributed by atoms with E-state index in [1.54, 1.807) is 23.1 Å². The van der Waals surface area contributed by atoms with E-state index in [0.717, 1.165) is 12.8 Å². The number of carbonyl (C=O) groups is 2. The Hall–Kier alpha value is -3.62. The van der Waals surface area contributed by atoms with Gasteiger partial charge in [-0.2, -0.15) is 0 Å². The van der Waals surface area contributed by atoms with Gasteiger partial charge in [-0.05, 0) is 44.2 Å². The largest absolute Gasteiger partial charge is 0.494 e. The highest BCUT2D eigenvalue weighted by molar-refractivity contribution is 7.84. The third kappa shape index (κ3) is 6.58. The molecular weight excluding hydrogens is 500 g/mol. The molecular formula is C26H29F2N5O3S. The minimum Gasteiger partial charge on any atom is -0.494 e. The van der Waals surface area contributed by atoms with Crippen LogP contribution in [0, 0.1) is 17.8 Å². The third-order valence-electron chi connectivity index (χ3n) is 5.97. The quantitative estimate of drug-likeness (QED) is 0.289. The highest BCUT2D eigenvalue weighted by Gasteiger charge is 2.26. The number of amides is 2. The third-order valence-corrected chi connectivity index (χ3v) is 6.21. The van der Waals surface area contributed by atoms with E-state index in [2.05, 4.69) is 40.3 Å². The van der Waals surface area contributed by atoms with Gasteiger partial charge in [-0.25, -0.2) is 8.78 Å². The lowest BCUT2D eigenvalue weighted by atomic mass is 9.97. The maximum absolute atomic E-state index is 13.5. The molecule has 1 aliphatic carbocycles. The number of methoxy groups -OCH3 is 1. The van der Waals surface area contributed by atoms with Crippen molar-refractivity contribution in [3.63, 3.8) is 0 Å². The molecule has 2 heterocycles. The Bertz CT molecular complexity index is 1290. The molecule has 0 atom stereocenters. The summed E-state index contributed by atoms with van der Waals surface area (Å²) in [4.78, 5) is 33.6. The summed E-state index contributed by atoms with van der Waals surface area (Å²) in [6, 6.07) is 6.03. The smallest absolute Gasteiger partial charge is 0.280 e. The average molecular weight is 530 g/mol. The molecule has 1 saturated heterocycles. The van der Waals surface area contributed by atoms with Gasteiger partial charge in [0.2, 0.25) is 5.91 Å². The normalized spacial score (nSPS) is 16.3. The number of hydrogen-bond donors (Lipinski definition) is 3. The Morgan fingerprint density at radius 3 is 2.76 bits per heavy atom. The van der Waals surface area contributed by atoms with E-state index in [0.29, 0.717) is 35.2 Å². The summed E-state index contributed by atoms with van der Waals surface area (Å²) in [5.41, 5.74) is 6.07. The van der Waals surface area contributed by atoms with E-state index in [9.17, 15) is 18.4 Å². The second-order valence-electron chi connectivity index (χ2n) is 8.79. The number of hydrogen-bond acceptors (Lipinski definition) is 7. The number of ether oxygens (including phenoxy) is 1. The molecule has 1 aromatic carbocycles. The van der Waals surface area contributed by atoms with E-state index < -0.39 is 18.0 Å². The Kier molecular flexibility index (Phi) is 8.31. The summed E-state index contributed by atoms with van der Waals surface area (Å²) in [6.45, 7) is 1.37. The fourth-order valence-electron chi connectivity index (χ4n) is 3.81. The summed E-state index contributed by atoms with van der Waals surface area (Å²) in [5.74, 6) is 5.95. The molecule has 0 bridgehead atoms. The van der Waals surface area contributed by atoms with Gasteiger partial charge in [0.15, 0.2) is 0 Å². The first kappa shape index (κ1) is 26.4.